The molecule has 0 bridgehead atoms. The highest BCUT2D eigenvalue weighted by atomic mass is 16.2. The van der Waals surface area contributed by atoms with E-state index in [4.69, 9.17) is 0 Å². The largest absolute Gasteiger partial charge is 0.372 e. The third kappa shape index (κ3) is 3.16. The van der Waals surface area contributed by atoms with E-state index in [1.165, 1.54) is 11.3 Å². The zero-order chi connectivity index (χ0) is 18.3. The first kappa shape index (κ1) is 16.9. The second-order valence-corrected chi connectivity index (χ2v) is 7.65. The van der Waals surface area contributed by atoms with Crippen molar-refractivity contribution < 1.29 is 4.79 Å². The Morgan fingerprint density at radius 2 is 2.04 bits per heavy atom. The highest BCUT2D eigenvalue weighted by molar-refractivity contribution is 5.76. The number of carbonyl (C=O) groups excluding carboxylic acids is 1. The van der Waals surface area contributed by atoms with Crippen molar-refractivity contribution >= 4 is 11.7 Å². The normalized spacial score (nSPS) is 21.1. The Balaban J connectivity index is 1.56. The van der Waals surface area contributed by atoms with E-state index in [1.54, 1.807) is 6.20 Å². The van der Waals surface area contributed by atoms with Gasteiger partial charge in [0.15, 0.2) is 0 Å². The summed E-state index contributed by atoms with van der Waals surface area (Å²) in [6, 6.07) is 8.47. The summed E-state index contributed by atoms with van der Waals surface area (Å²) in [5, 5.41) is 3.28. The number of hydrogen-bond donors (Lipinski definition) is 1. The number of hydrogen-bond acceptors (Lipinski definition) is 3. The SMILES string of the molecule is C[C@H]1CN(C)c2ccccc2CN1C(=O)NC(c1nccn1C)C1CC1. The lowest BCUT2D eigenvalue weighted by molar-refractivity contribution is 0.172. The van der Waals surface area contributed by atoms with Crippen molar-refractivity contribution in [2.24, 2.45) is 13.0 Å². The van der Waals surface area contributed by atoms with Crippen LogP contribution in [0.2, 0.25) is 0 Å². The molecule has 1 unspecified atom stereocenters. The maximum atomic E-state index is 13.2. The van der Waals surface area contributed by atoms with Crippen LogP contribution in [0.4, 0.5) is 10.5 Å². The molecule has 6 heteroatoms. The number of likely N-dealkylation sites (N-methyl/N-ethyl adjacent to an activating group) is 1. The Bertz CT molecular complexity index is 797. The van der Waals surface area contributed by atoms with E-state index in [0.717, 1.165) is 25.2 Å². The molecule has 138 valence electrons. The molecule has 1 aromatic carbocycles. The van der Waals surface area contributed by atoms with Gasteiger partial charge in [0.25, 0.3) is 0 Å². The van der Waals surface area contributed by atoms with E-state index in [9.17, 15) is 4.79 Å². The average molecular weight is 353 g/mol. The lowest BCUT2D eigenvalue weighted by Gasteiger charge is -2.30. The quantitative estimate of drug-likeness (QED) is 0.923. The van der Waals surface area contributed by atoms with Gasteiger partial charge in [-0.25, -0.2) is 9.78 Å². The number of aromatic nitrogens is 2. The van der Waals surface area contributed by atoms with E-state index in [0.29, 0.717) is 12.5 Å². The van der Waals surface area contributed by atoms with Crippen molar-refractivity contribution in [1.29, 1.82) is 0 Å². The van der Waals surface area contributed by atoms with Gasteiger partial charge in [-0.05, 0) is 37.3 Å². The standard InChI is InChI=1S/C20H27N5O/c1-14-12-24(3)17-7-5-4-6-16(17)13-25(14)20(26)22-18(15-8-9-15)19-21-10-11-23(19)2/h4-7,10-11,14-15,18H,8-9,12-13H2,1-3H3,(H,22,26)/t14-,18?/m0/s1. The predicted molar refractivity (Wildman–Crippen MR) is 102 cm³/mol. The van der Waals surface area contributed by atoms with Crippen LogP contribution in [0.3, 0.4) is 0 Å². The molecule has 6 nitrogen and oxygen atoms in total. The molecule has 2 aliphatic rings. The minimum Gasteiger partial charge on any atom is -0.372 e. The smallest absolute Gasteiger partial charge is 0.318 e. The molecule has 0 radical (unpaired) electrons. The van der Waals surface area contributed by atoms with Crippen molar-refractivity contribution in [2.45, 2.75) is 38.4 Å². The summed E-state index contributed by atoms with van der Waals surface area (Å²) in [6.07, 6.45) is 6.05. The first-order valence-electron chi connectivity index (χ1n) is 9.38. The molecule has 2 amide bonds. The number of imidazole rings is 1. The number of aryl methyl sites for hydroxylation is 1. The number of nitrogens with one attached hydrogen (secondary N) is 1. The molecule has 2 atom stereocenters. The van der Waals surface area contributed by atoms with Gasteiger partial charge in [0.05, 0.1) is 6.04 Å². The first-order valence-corrected chi connectivity index (χ1v) is 9.38. The molecular formula is C20H27N5O. The number of para-hydroxylation sites is 1. The number of amides is 2. The second kappa shape index (κ2) is 6.67. The molecule has 1 saturated carbocycles. The highest BCUT2D eigenvalue weighted by Crippen LogP contribution is 2.40. The summed E-state index contributed by atoms with van der Waals surface area (Å²) < 4.78 is 2.01. The fourth-order valence-electron chi connectivity index (χ4n) is 3.94. The van der Waals surface area contributed by atoms with E-state index in [2.05, 4.69) is 47.4 Å². The van der Waals surface area contributed by atoms with Gasteiger partial charge in [0.1, 0.15) is 5.82 Å². The molecule has 1 aromatic heterocycles. The van der Waals surface area contributed by atoms with Crippen molar-refractivity contribution in [2.75, 3.05) is 18.5 Å². The van der Waals surface area contributed by atoms with Crippen molar-refractivity contribution in [3.8, 4) is 0 Å². The van der Waals surface area contributed by atoms with Crippen molar-refractivity contribution in [1.82, 2.24) is 19.8 Å². The molecule has 1 N–H and O–H groups in total. The molecule has 4 rings (SSSR count). The Morgan fingerprint density at radius 1 is 1.27 bits per heavy atom. The number of benzene rings is 1. The summed E-state index contributed by atoms with van der Waals surface area (Å²) in [6.45, 7) is 3.57. The van der Waals surface area contributed by atoms with Gasteiger partial charge in [0, 0.05) is 51.3 Å². The summed E-state index contributed by atoms with van der Waals surface area (Å²) >= 11 is 0. The molecule has 26 heavy (non-hydrogen) atoms. The Hall–Kier alpha value is -2.50. The molecule has 0 saturated heterocycles. The molecule has 1 aliphatic carbocycles. The van der Waals surface area contributed by atoms with Crippen molar-refractivity contribution in [3.05, 3.63) is 48.0 Å². The van der Waals surface area contributed by atoms with Crippen LogP contribution in [0, 0.1) is 5.92 Å². The van der Waals surface area contributed by atoms with E-state index >= 15 is 0 Å². The molecule has 2 aromatic rings. The summed E-state index contributed by atoms with van der Waals surface area (Å²) in [4.78, 5) is 21.9. The van der Waals surface area contributed by atoms with Crippen LogP contribution in [0.25, 0.3) is 0 Å². The highest BCUT2D eigenvalue weighted by Gasteiger charge is 2.37. The van der Waals surface area contributed by atoms with Crippen LogP contribution in [0.15, 0.2) is 36.7 Å². The number of anilines is 1. The Labute approximate surface area is 154 Å². The van der Waals surface area contributed by atoms with Gasteiger partial charge >= 0.3 is 6.03 Å². The minimum atomic E-state index is -0.00840. The average Bonchev–Trinajstić information content (AvgIpc) is 3.39. The molecule has 1 aliphatic heterocycles. The summed E-state index contributed by atoms with van der Waals surface area (Å²) in [5.41, 5.74) is 2.40. The molecular weight excluding hydrogens is 326 g/mol. The first-order chi connectivity index (χ1) is 12.5. The van der Waals surface area contributed by atoms with Crippen LogP contribution < -0.4 is 10.2 Å². The number of urea groups is 1. The van der Waals surface area contributed by atoms with Gasteiger partial charge in [-0.3, -0.25) is 0 Å². The third-order valence-corrected chi connectivity index (χ3v) is 5.58. The maximum Gasteiger partial charge on any atom is 0.318 e. The second-order valence-electron chi connectivity index (χ2n) is 7.65. The monoisotopic (exact) mass is 353 g/mol. The lowest BCUT2D eigenvalue weighted by Crippen LogP contribution is -2.48. The van der Waals surface area contributed by atoms with Gasteiger partial charge < -0.3 is 19.7 Å². The zero-order valence-corrected chi connectivity index (χ0v) is 15.7. The van der Waals surface area contributed by atoms with Gasteiger partial charge in [-0.2, -0.15) is 0 Å². The fourth-order valence-corrected chi connectivity index (χ4v) is 3.94. The summed E-state index contributed by atoms with van der Waals surface area (Å²) in [5.74, 6) is 1.44. The minimum absolute atomic E-state index is 0.00232. The van der Waals surface area contributed by atoms with E-state index in [1.807, 2.05) is 28.8 Å². The Kier molecular flexibility index (Phi) is 4.34. The number of carbonyl (C=O) groups is 1. The number of fused-ring (bicyclic) bond motifs is 1. The van der Waals surface area contributed by atoms with Gasteiger partial charge in [0.2, 0.25) is 0 Å². The predicted octanol–water partition coefficient (Wildman–Crippen LogP) is 2.92. The van der Waals surface area contributed by atoms with Crippen LogP contribution in [0.1, 0.15) is 37.2 Å². The van der Waals surface area contributed by atoms with Crippen molar-refractivity contribution in [3.63, 3.8) is 0 Å². The fraction of sp³-hybridized carbons (Fsp3) is 0.500. The van der Waals surface area contributed by atoms with Gasteiger partial charge in [-0.1, -0.05) is 18.2 Å². The third-order valence-electron chi connectivity index (χ3n) is 5.58. The van der Waals surface area contributed by atoms with Crippen LogP contribution in [-0.2, 0) is 13.6 Å². The number of nitrogens with zero attached hydrogens (tertiary/aromatic N) is 4. The van der Waals surface area contributed by atoms with E-state index in [-0.39, 0.29) is 18.1 Å². The van der Waals surface area contributed by atoms with Crippen LogP contribution >= 0.6 is 0 Å². The van der Waals surface area contributed by atoms with Gasteiger partial charge in [-0.15, -0.1) is 0 Å². The topological polar surface area (TPSA) is 53.4 Å². The van der Waals surface area contributed by atoms with E-state index < -0.39 is 0 Å². The maximum absolute atomic E-state index is 13.2. The number of rotatable bonds is 3. The molecule has 1 fully saturated rings. The molecule has 2 heterocycles. The Morgan fingerprint density at radius 3 is 2.73 bits per heavy atom. The lowest BCUT2D eigenvalue weighted by atomic mass is 10.1. The molecule has 0 spiro atoms. The summed E-state index contributed by atoms with van der Waals surface area (Å²) in [7, 11) is 4.08. The van der Waals surface area contributed by atoms with Crippen LogP contribution in [0.5, 0.6) is 0 Å². The zero-order valence-electron chi connectivity index (χ0n) is 15.7. The van der Waals surface area contributed by atoms with Crippen LogP contribution in [-0.4, -0.2) is 40.1 Å².